The van der Waals surface area contributed by atoms with Crippen LogP contribution in [0.5, 0.6) is 0 Å². The van der Waals surface area contributed by atoms with Crippen molar-refractivity contribution in [3.05, 3.63) is 146 Å². The van der Waals surface area contributed by atoms with Crippen molar-refractivity contribution in [3.63, 3.8) is 0 Å². The summed E-state index contributed by atoms with van der Waals surface area (Å²) in [6.07, 6.45) is 0. The Bertz CT molecular complexity index is 2740. The van der Waals surface area contributed by atoms with Crippen molar-refractivity contribution in [1.82, 2.24) is 19.5 Å². The first-order valence-electron chi connectivity index (χ1n) is 15.4. The maximum absolute atomic E-state index is 5.26. The molecule has 0 bridgehead atoms. The molecular formula is C41H24N4S. The van der Waals surface area contributed by atoms with Gasteiger partial charge in [-0.1, -0.05) is 140 Å². The molecule has 46 heavy (non-hydrogen) atoms. The minimum absolute atomic E-state index is 0.605. The van der Waals surface area contributed by atoms with Gasteiger partial charge in [-0.05, 0) is 11.5 Å². The second-order valence-corrected chi connectivity index (χ2v) is 12.7. The molecule has 4 nitrogen and oxygen atoms in total. The van der Waals surface area contributed by atoms with Crippen LogP contribution in [-0.2, 0) is 0 Å². The standard InChI is InChI=1S/C41H24N4S/c1-3-14-26(15-4-1)39-42-40(27-16-5-2-6-17-27)44-41(43-39)45-36-28-18-8-7-13-25(28)23-24-32(36)34-35-31-21-11-12-22-33(31)46-38(35)30-20-10-9-19-29(30)37(34)45/h1-24H. The van der Waals surface area contributed by atoms with Gasteiger partial charge >= 0.3 is 0 Å². The summed E-state index contributed by atoms with van der Waals surface area (Å²) in [5.41, 5.74) is 4.11. The zero-order valence-corrected chi connectivity index (χ0v) is 25.4. The lowest BCUT2D eigenvalue weighted by Gasteiger charge is -2.13. The number of hydrogen-bond donors (Lipinski definition) is 0. The first kappa shape index (κ1) is 25.4. The van der Waals surface area contributed by atoms with E-state index in [4.69, 9.17) is 15.0 Å². The number of fused-ring (bicyclic) bond motifs is 12. The van der Waals surface area contributed by atoms with Crippen molar-refractivity contribution >= 4 is 74.9 Å². The van der Waals surface area contributed by atoms with Gasteiger partial charge in [0.1, 0.15) is 0 Å². The molecule has 3 heterocycles. The molecule has 0 spiro atoms. The molecular weight excluding hydrogens is 581 g/mol. The Balaban J connectivity index is 1.47. The quantitative estimate of drug-likeness (QED) is 0.201. The zero-order chi connectivity index (χ0) is 30.2. The van der Waals surface area contributed by atoms with E-state index in [9.17, 15) is 0 Å². The van der Waals surface area contributed by atoms with E-state index in [-0.39, 0.29) is 0 Å². The van der Waals surface area contributed by atoms with Crippen LogP contribution >= 0.6 is 11.3 Å². The number of benzene rings is 7. The van der Waals surface area contributed by atoms with Crippen LogP contribution < -0.4 is 0 Å². The summed E-state index contributed by atoms with van der Waals surface area (Å²) in [5, 5.41) is 9.74. The van der Waals surface area contributed by atoms with Crippen LogP contribution in [0.25, 0.3) is 92.2 Å². The van der Waals surface area contributed by atoms with Gasteiger partial charge in [-0.2, -0.15) is 9.97 Å². The van der Waals surface area contributed by atoms with Gasteiger partial charge in [0.2, 0.25) is 5.95 Å². The van der Waals surface area contributed by atoms with Crippen molar-refractivity contribution in [2.24, 2.45) is 0 Å². The summed E-state index contributed by atoms with van der Waals surface area (Å²) in [7, 11) is 0. The molecule has 0 atom stereocenters. The van der Waals surface area contributed by atoms with Crippen LogP contribution in [0.2, 0.25) is 0 Å². The van der Waals surface area contributed by atoms with Gasteiger partial charge in [-0.25, -0.2) is 4.98 Å². The second-order valence-electron chi connectivity index (χ2n) is 11.6. The zero-order valence-electron chi connectivity index (χ0n) is 24.6. The minimum Gasteiger partial charge on any atom is -0.277 e. The third-order valence-corrected chi connectivity index (χ3v) is 10.2. The van der Waals surface area contributed by atoms with Crippen LogP contribution in [0.3, 0.4) is 0 Å². The van der Waals surface area contributed by atoms with Crippen LogP contribution in [0, 0.1) is 0 Å². The summed E-state index contributed by atoms with van der Waals surface area (Å²) >= 11 is 1.87. The summed E-state index contributed by atoms with van der Waals surface area (Å²) < 4.78 is 4.90. The maximum atomic E-state index is 5.26. The number of aromatic nitrogens is 4. The lowest BCUT2D eigenvalue weighted by Crippen LogP contribution is -2.06. The van der Waals surface area contributed by atoms with Crippen molar-refractivity contribution in [3.8, 4) is 28.7 Å². The van der Waals surface area contributed by atoms with Gasteiger partial charge in [0.05, 0.1) is 11.0 Å². The molecule has 5 heteroatoms. The van der Waals surface area contributed by atoms with Crippen molar-refractivity contribution in [2.75, 3.05) is 0 Å². The van der Waals surface area contributed by atoms with E-state index in [0.717, 1.165) is 27.5 Å². The van der Waals surface area contributed by atoms with Crippen LogP contribution in [0.15, 0.2) is 146 Å². The lowest BCUT2D eigenvalue weighted by atomic mass is 9.99. The summed E-state index contributed by atoms with van der Waals surface area (Å²) in [6, 6.07) is 51.1. The molecule has 0 radical (unpaired) electrons. The summed E-state index contributed by atoms with van der Waals surface area (Å²) in [4.78, 5) is 15.5. The Morgan fingerprint density at radius 3 is 1.72 bits per heavy atom. The van der Waals surface area contributed by atoms with Gasteiger partial charge in [-0.3, -0.25) is 4.57 Å². The largest absolute Gasteiger partial charge is 0.277 e. The van der Waals surface area contributed by atoms with Gasteiger partial charge in [0.25, 0.3) is 0 Å². The molecule has 0 unspecified atom stereocenters. The molecule has 0 aliphatic carbocycles. The first-order chi connectivity index (χ1) is 22.8. The number of nitrogens with zero attached hydrogens (tertiary/aromatic N) is 4. The fraction of sp³-hybridized carbons (Fsp3) is 0. The van der Waals surface area contributed by atoms with Crippen LogP contribution in [-0.4, -0.2) is 19.5 Å². The van der Waals surface area contributed by atoms with E-state index in [1.54, 1.807) is 0 Å². The fourth-order valence-corrected chi connectivity index (χ4v) is 8.27. The lowest BCUT2D eigenvalue weighted by molar-refractivity contribution is 0.957. The summed E-state index contributed by atoms with van der Waals surface area (Å²) in [6.45, 7) is 0. The van der Waals surface area contributed by atoms with E-state index >= 15 is 0 Å². The van der Waals surface area contributed by atoms with Crippen LogP contribution in [0.4, 0.5) is 0 Å². The SMILES string of the molecule is c1ccc(-c2nc(-c3ccccc3)nc(-n3c4c5ccccc5ccc4c4c5c6ccccc6sc5c5ccccc5c43)n2)cc1. The van der Waals surface area contributed by atoms with Crippen molar-refractivity contribution in [1.29, 1.82) is 0 Å². The Morgan fingerprint density at radius 1 is 0.413 bits per heavy atom. The molecule has 10 rings (SSSR count). The molecule has 0 fully saturated rings. The topological polar surface area (TPSA) is 43.6 Å². The first-order valence-corrected chi connectivity index (χ1v) is 16.2. The maximum Gasteiger partial charge on any atom is 0.238 e. The fourth-order valence-electron chi connectivity index (χ4n) is 7.03. The highest BCUT2D eigenvalue weighted by molar-refractivity contribution is 7.27. The van der Waals surface area contributed by atoms with Crippen molar-refractivity contribution < 1.29 is 0 Å². The Kier molecular flexibility index (Phi) is 5.41. The average molecular weight is 605 g/mol. The molecule has 0 N–H and O–H groups in total. The Morgan fingerprint density at radius 2 is 1.00 bits per heavy atom. The highest BCUT2D eigenvalue weighted by Crippen LogP contribution is 2.48. The normalized spacial score (nSPS) is 11.9. The molecule has 7 aromatic carbocycles. The van der Waals surface area contributed by atoms with Gasteiger partial charge in [-0.15, -0.1) is 11.3 Å². The molecule has 0 saturated heterocycles. The third kappa shape index (κ3) is 3.63. The van der Waals surface area contributed by atoms with Crippen LogP contribution in [0.1, 0.15) is 0 Å². The molecule has 0 aliphatic rings. The van der Waals surface area contributed by atoms with Gasteiger partial charge in [0.15, 0.2) is 11.6 Å². The highest BCUT2D eigenvalue weighted by atomic mass is 32.1. The third-order valence-electron chi connectivity index (χ3n) is 9.01. The van der Waals surface area contributed by atoms with E-state index in [1.807, 2.05) is 47.7 Å². The summed E-state index contributed by atoms with van der Waals surface area (Å²) in [5.74, 6) is 1.89. The smallest absolute Gasteiger partial charge is 0.238 e. The van der Waals surface area contributed by atoms with E-state index in [0.29, 0.717) is 17.6 Å². The number of rotatable bonds is 3. The predicted molar refractivity (Wildman–Crippen MR) is 193 cm³/mol. The van der Waals surface area contributed by atoms with Crippen molar-refractivity contribution in [2.45, 2.75) is 0 Å². The minimum atomic E-state index is 0.605. The predicted octanol–water partition coefficient (Wildman–Crippen LogP) is 11.0. The van der Waals surface area contributed by atoms with E-state index in [2.05, 4.69) is 114 Å². The molecule has 0 amide bonds. The highest BCUT2D eigenvalue weighted by Gasteiger charge is 2.25. The average Bonchev–Trinajstić information content (AvgIpc) is 3.69. The van der Waals surface area contributed by atoms with Gasteiger partial charge < -0.3 is 0 Å². The monoisotopic (exact) mass is 604 g/mol. The Hall–Kier alpha value is -5.91. The second kappa shape index (κ2) is 9.80. The van der Waals surface area contributed by atoms with E-state index in [1.165, 1.54) is 47.1 Å². The molecule has 0 saturated carbocycles. The molecule has 0 aliphatic heterocycles. The molecule has 214 valence electrons. The molecule has 10 aromatic rings. The van der Waals surface area contributed by atoms with E-state index < -0.39 is 0 Å². The molecule has 3 aromatic heterocycles. The Labute approximate surface area is 267 Å². The van der Waals surface area contributed by atoms with Gasteiger partial charge in [0, 0.05) is 58.2 Å². The number of thiophene rings is 1. The number of hydrogen-bond acceptors (Lipinski definition) is 4.